The number of pyridine rings is 2. The van der Waals surface area contributed by atoms with Crippen molar-refractivity contribution in [1.82, 2.24) is 24.2 Å². The number of rotatable bonds is 5. The van der Waals surface area contributed by atoms with E-state index in [0.29, 0.717) is 6.04 Å². The van der Waals surface area contributed by atoms with E-state index in [0.717, 1.165) is 37.9 Å². The molecule has 3 aliphatic rings. The minimum absolute atomic E-state index is 0.376. The standard InChI is InChI=1S/C25H32N6/c1-19-5-3-11-26-21(19)17-30-12-4-6-23(30)22-18-31-24(27-22)7-2-8-25(31)29-15-13-28(14-16-29)20-9-10-20/h2-3,5,7-8,11,18,20,23H,4,6,9-10,12-17H2,1H3. The number of nitrogens with zero attached hydrogens (tertiary/aromatic N) is 6. The molecule has 0 radical (unpaired) electrons. The van der Waals surface area contributed by atoms with Crippen LogP contribution in [0.4, 0.5) is 5.82 Å². The molecule has 1 aliphatic carbocycles. The molecule has 3 fully saturated rings. The van der Waals surface area contributed by atoms with Gasteiger partial charge < -0.3 is 4.90 Å². The normalized spacial score (nSPS) is 23.1. The van der Waals surface area contributed by atoms with Crippen LogP contribution in [0.3, 0.4) is 0 Å². The summed E-state index contributed by atoms with van der Waals surface area (Å²) in [6, 6.07) is 12.0. The van der Waals surface area contributed by atoms with Crippen molar-refractivity contribution < 1.29 is 0 Å². The van der Waals surface area contributed by atoms with Crippen LogP contribution in [0.1, 0.15) is 48.7 Å². The number of piperazine rings is 1. The SMILES string of the molecule is Cc1cccnc1CN1CCCC1c1cn2c(N3CCN(C4CC4)CC3)cccc2n1. The van der Waals surface area contributed by atoms with Crippen LogP contribution in [0.25, 0.3) is 5.65 Å². The molecule has 0 amide bonds. The van der Waals surface area contributed by atoms with Crippen LogP contribution in [0, 0.1) is 6.92 Å². The Balaban J connectivity index is 1.24. The highest BCUT2D eigenvalue weighted by Crippen LogP contribution is 2.34. The molecule has 6 rings (SSSR count). The molecular weight excluding hydrogens is 384 g/mol. The Labute approximate surface area is 184 Å². The highest BCUT2D eigenvalue weighted by Gasteiger charge is 2.32. The number of likely N-dealkylation sites (tertiary alicyclic amines) is 1. The van der Waals surface area contributed by atoms with Gasteiger partial charge in [0, 0.05) is 51.2 Å². The molecule has 2 saturated heterocycles. The summed E-state index contributed by atoms with van der Waals surface area (Å²) in [7, 11) is 0. The molecule has 6 nitrogen and oxygen atoms in total. The van der Waals surface area contributed by atoms with Crippen molar-refractivity contribution in [1.29, 1.82) is 0 Å². The topological polar surface area (TPSA) is 39.9 Å². The first-order chi connectivity index (χ1) is 15.3. The van der Waals surface area contributed by atoms with Crippen molar-refractivity contribution in [3.05, 3.63) is 59.7 Å². The van der Waals surface area contributed by atoms with Gasteiger partial charge in [-0.3, -0.25) is 19.2 Å². The molecule has 162 valence electrons. The van der Waals surface area contributed by atoms with Gasteiger partial charge in [0.2, 0.25) is 0 Å². The number of hydrogen-bond donors (Lipinski definition) is 0. The molecule has 1 unspecified atom stereocenters. The third kappa shape index (κ3) is 3.72. The second-order valence-electron chi connectivity index (χ2n) is 9.43. The largest absolute Gasteiger partial charge is 0.355 e. The van der Waals surface area contributed by atoms with Crippen molar-refractivity contribution in [2.75, 3.05) is 37.6 Å². The predicted octanol–water partition coefficient (Wildman–Crippen LogP) is 3.66. The van der Waals surface area contributed by atoms with Crippen LogP contribution in [-0.4, -0.2) is 62.9 Å². The lowest BCUT2D eigenvalue weighted by molar-refractivity contribution is 0.241. The van der Waals surface area contributed by atoms with E-state index in [9.17, 15) is 0 Å². The fourth-order valence-electron chi connectivity index (χ4n) is 5.42. The summed E-state index contributed by atoms with van der Waals surface area (Å²) in [5, 5.41) is 0. The maximum Gasteiger partial charge on any atom is 0.138 e. The monoisotopic (exact) mass is 416 g/mol. The lowest BCUT2D eigenvalue weighted by Crippen LogP contribution is -2.47. The van der Waals surface area contributed by atoms with E-state index < -0.39 is 0 Å². The van der Waals surface area contributed by atoms with Gasteiger partial charge in [0.05, 0.1) is 17.4 Å². The molecule has 0 bridgehead atoms. The number of aromatic nitrogens is 3. The van der Waals surface area contributed by atoms with Gasteiger partial charge in [0.25, 0.3) is 0 Å². The van der Waals surface area contributed by atoms with E-state index in [1.165, 1.54) is 61.5 Å². The van der Waals surface area contributed by atoms with Crippen molar-refractivity contribution in [2.45, 2.75) is 51.2 Å². The molecule has 5 heterocycles. The molecule has 2 aliphatic heterocycles. The summed E-state index contributed by atoms with van der Waals surface area (Å²) < 4.78 is 2.32. The summed E-state index contributed by atoms with van der Waals surface area (Å²) in [4.78, 5) is 17.5. The molecule has 0 aromatic carbocycles. The fourth-order valence-corrected chi connectivity index (χ4v) is 5.42. The third-order valence-corrected chi connectivity index (χ3v) is 7.37. The summed E-state index contributed by atoms with van der Waals surface area (Å²) >= 11 is 0. The highest BCUT2D eigenvalue weighted by molar-refractivity contribution is 5.53. The van der Waals surface area contributed by atoms with Crippen LogP contribution >= 0.6 is 0 Å². The third-order valence-electron chi connectivity index (χ3n) is 7.37. The maximum atomic E-state index is 5.08. The molecule has 1 atom stereocenters. The second kappa shape index (κ2) is 7.92. The quantitative estimate of drug-likeness (QED) is 0.635. The average Bonchev–Trinajstić information content (AvgIpc) is 3.39. The number of anilines is 1. The molecule has 1 saturated carbocycles. The minimum atomic E-state index is 0.376. The highest BCUT2D eigenvalue weighted by atomic mass is 15.3. The van der Waals surface area contributed by atoms with E-state index in [1.54, 1.807) is 0 Å². The van der Waals surface area contributed by atoms with Crippen molar-refractivity contribution in [2.24, 2.45) is 0 Å². The zero-order valence-corrected chi connectivity index (χ0v) is 18.5. The molecule has 0 spiro atoms. The van der Waals surface area contributed by atoms with Crippen LogP contribution in [-0.2, 0) is 6.54 Å². The molecule has 3 aromatic rings. The zero-order chi connectivity index (χ0) is 20.8. The van der Waals surface area contributed by atoms with Crippen LogP contribution < -0.4 is 4.90 Å². The van der Waals surface area contributed by atoms with Gasteiger partial charge >= 0.3 is 0 Å². The first-order valence-corrected chi connectivity index (χ1v) is 11.9. The summed E-state index contributed by atoms with van der Waals surface area (Å²) in [6.45, 7) is 8.76. The second-order valence-corrected chi connectivity index (χ2v) is 9.43. The van der Waals surface area contributed by atoms with E-state index in [2.05, 4.69) is 61.5 Å². The van der Waals surface area contributed by atoms with Crippen LogP contribution in [0.2, 0.25) is 0 Å². The fraction of sp³-hybridized carbons (Fsp3) is 0.520. The van der Waals surface area contributed by atoms with Gasteiger partial charge in [-0.15, -0.1) is 0 Å². The first-order valence-electron chi connectivity index (χ1n) is 11.9. The Morgan fingerprint density at radius 3 is 2.65 bits per heavy atom. The van der Waals surface area contributed by atoms with Gasteiger partial charge in [-0.25, -0.2) is 4.98 Å². The van der Waals surface area contributed by atoms with Crippen LogP contribution in [0.5, 0.6) is 0 Å². The lowest BCUT2D eigenvalue weighted by atomic mass is 10.1. The summed E-state index contributed by atoms with van der Waals surface area (Å²) in [5.41, 5.74) is 4.73. The van der Waals surface area contributed by atoms with Gasteiger partial charge in [0.15, 0.2) is 0 Å². The Morgan fingerprint density at radius 2 is 1.84 bits per heavy atom. The molecule has 3 aromatic heterocycles. The van der Waals surface area contributed by atoms with E-state index in [-0.39, 0.29) is 0 Å². The summed E-state index contributed by atoms with van der Waals surface area (Å²) in [5.74, 6) is 1.29. The molecule has 6 heteroatoms. The number of hydrogen-bond acceptors (Lipinski definition) is 5. The van der Waals surface area contributed by atoms with Gasteiger partial charge in [0.1, 0.15) is 11.5 Å². The average molecular weight is 417 g/mol. The molecule has 0 N–H and O–H groups in total. The van der Waals surface area contributed by atoms with Crippen molar-refractivity contribution in [3.63, 3.8) is 0 Å². The van der Waals surface area contributed by atoms with E-state index in [1.807, 2.05) is 12.3 Å². The van der Waals surface area contributed by atoms with Crippen molar-refractivity contribution >= 4 is 11.5 Å². The lowest BCUT2D eigenvalue weighted by Gasteiger charge is -2.36. The Bertz CT molecular complexity index is 1060. The van der Waals surface area contributed by atoms with Crippen LogP contribution in [0.15, 0.2) is 42.7 Å². The van der Waals surface area contributed by atoms with Gasteiger partial charge in [-0.1, -0.05) is 12.1 Å². The zero-order valence-electron chi connectivity index (χ0n) is 18.5. The Hall–Kier alpha value is -2.44. The molecular formula is C25H32N6. The van der Waals surface area contributed by atoms with Gasteiger partial charge in [-0.05, 0) is 62.9 Å². The van der Waals surface area contributed by atoms with Crippen molar-refractivity contribution in [3.8, 4) is 0 Å². The minimum Gasteiger partial charge on any atom is -0.355 e. The van der Waals surface area contributed by atoms with Gasteiger partial charge in [-0.2, -0.15) is 0 Å². The predicted molar refractivity (Wildman–Crippen MR) is 123 cm³/mol. The molecule has 31 heavy (non-hydrogen) atoms. The summed E-state index contributed by atoms with van der Waals surface area (Å²) in [6.07, 6.45) is 9.40. The maximum absolute atomic E-state index is 5.08. The Morgan fingerprint density at radius 1 is 0.968 bits per heavy atom. The van der Waals surface area contributed by atoms with E-state index in [4.69, 9.17) is 4.98 Å². The first kappa shape index (κ1) is 19.3. The Kier molecular flexibility index (Phi) is 4.92. The smallest absolute Gasteiger partial charge is 0.138 e. The number of imidazole rings is 1. The number of fused-ring (bicyclic) bond motifs is 1. The number of aryl methyl sites for hydroxylation is 1. The van der Waals surface area contributed by atoms with E-state index >= 15 is 0 Å².